The lowest BCUT2D eigenvalue weighted by Gasteiger charge is -2.36. The number of carbonyl (C=O) groups excluding carboxylic acids is 2. The van der Waals surface area contributed by atoms with Crippen LogP contribution in [0.5, 0.6) is 5.75 Å². The van der Waals surface area contributed by atoms with Gasteiger partial charge >= 0.3 is 6.18 Å². The highest BCUT2D eigenvalue weighted by Gasteiger charge is 2.33. The lowest BCUT2D eigenvalue weighted by Crippen LogP contribution is -2.51. The van der Waals surface area contributed by atoms with Gasteiger partial charge in [0.25, 0.3) is 11.5 Å². The van der Waals surface area contributed by atoms with Gasteiger partial charge < -0.3 is 29.5 Å². The molecule has 18 heteroatoms. The smallest absolute Gasteiger partial charge is 0.416 e. The number of amides is 2. The SMILES string of the molecule is CCc1c(N2CCN(C(=O)c3ncnc(C)c3O)CC2)c(=O)n2nc(-c3cccc4c3COC4)nc2n1CC(=O)Nc1ccc(C(F)(F)F)cc1Cl. The van der Waals surface area contributed by atoms with Gasteiger partial charge in [0.1, 0.15) is 18.6 Å². The van der Waals surface area contributed by atoms with Gasteiger partial charge in [0.15, 0.2) is 17.3 Å². The highest BCUT2D eigenvalue weighted by atomic mass is 35.5. The molecule has 0 unspecified atom stereocenters. The van der Waals surface area contributed by atoms with Crippen LogP contribution in [0.25, 0.3) is 17.2 Å². The molecule has 270 valence electrons. The number of benzene rings is 2. The molecular weight excluding hydrogens is 707 g/mol. The molecule has 0 aliphatic carbocycles. The van der Waals surface area contributed by atoms with E-state index in [0.717, 1.165) is 33.8 Å². The Morgan fingerprint density at radius 1 is 1.08 bits per heavy atom. The van der Waals surface area contributed by atoms with E-state index in [4.69, 9.17) is 21.3 Å². The number of aromatic hydroxyl groups is 1. The van der Waals surface area contributed by atoms with Gasteiger partial charge in [-0.3, -0.25) is 14.4 Å². The number of anilines is 2. The van der Waals surface area contributed by atoms with Gasteiger partial charge in [0, 0.05) is 31.7 Å². The van der Waals surface area contributed by atoms with Crippen LogP contribution in [-0.2, 0) is 41.9 Å². The summed E-state index contributed by atoms with van der Waals surface area (Å²) in [7, 11) is 0. The predicted molar refractivity (Wildman–Crippen MR) is 182 cm³/mol. The van der Waals surface area contributed by atoms with Crippen LogP contribution in [0.2, 0.25) is 5.02 Å². The third kappa shape index (κ3) is 6.30. The molecule has 2 amide bonds. The summed E-state index contributed by atoms with van der Waals surface area (Å²) in [5.74, 6) is -1.10. The average Bonchev–Trinajstić information content (AvgIpc) is 3.79. The van der Waals surface area contributed by atoms with E-state index in [1.54, 1.807) is 11.5 Å². The molecule has 2 N–H and O–H groups in total. The maximum Gasteiger partial charge on any atom is 0.416 e. The zero-order chi connectivity index (χ0) is 36.9. The first-order valence-corrected chi connectivity index (χ1v) is 16.7. The molecule has 1 fully saturated rings. The molecule has 2 aliphatic heterocycles. The van der Waals surface area contributed by atoms with Crippen molar-refractivity contribution in [2.75, 3.05) is 36.4 Å². The summed E-state index contributed by atoms with van der Waals surface area (Å²) < 4.78 is 48.0. The number of rotatable bonds is 7. The van der Waals surface area contributed by atoms with Crippen molar-refractivity contribution in [1.29, 1.82) is 0 Å². The summed E-state index contributed by atoms with van der Waals surface area (Å²) >= 11 is 6.14. The normalized spacial score (nSPS) is 14.6. The number of ether oxygens (including phenoxy) is 1. The van der Waals surface area contributed by atoms with Crippen LogP contribution in [0.4, 0.5) is 24.5 Å². The molecule has 7 rings (SSSR count). The zero-order valence-electron chi connectivity index (χ0n) is 27.9. The number of hydrogen-bond acceptors (Lipinski definition) is 10. The number of nitrogens with zero attached hydrogens (tertiary/aromatic N) is 8. The predicted octanol–water partition coefficient (Wildman–Crippen LogP) is 4.23. The molecule has 3 aromatic heterocycles. The van der Waals surface area contributed by atoms with Gasteiger partial charge in [-0.15, -0.1) is 5.10 Å². The summed E-state index contributed by atoms with van der Waals surface area (Å²) in [6, 6.07) is 8.22. The van der Waals surface area contributed by atoms with Crippen molar-refractivity contribution in [3.63, 3.8) is 0 Å². The molecule has 2 aromatic carbocycles. The molecule has 0 bridgehead atoms. The van der Waals surface area contributed by atoms with Crippen molar-refractivity contribution in [2.24, 2.45) is 0 Å². The summed E-state index contributed by atoms with van der Waals surface area (Å²) in [6.07, 6.45) is -3.14. The second kappa shape index (κ2) is 13.5. The number of alkyl halides is 3. The third-order valence-electron chi connectivity index (χ3n) is 9.14. The minimum Gasteiger partial charge on any atom is -0.504 e. The van der Waals surface area contributed by atoms with Crippen LogP contribution >= 0.6 is 11.6 Å². The van der Waals surface area contributed by atoms with E-state index in [2.05, 4.69) is 20.4 Å². The van der Waals surface area contributed by atoms with Crippen molar-refractivity contribution in [3.8, 4) is 17.1 Å². The summed E-state index contributed by atoms with van der Waals surface area (Å²) in [4.78, 5) is 57.1. The highest BCUT2D eigenvalue weighted by Crippen LogP contribution is 2.34. The molecular formula is C34H31ClF3N9O5. The van der Waals surface area contributed by atoms with Crippen molar-refractivity contribution in [2.45, 2.75) is 46.2 Å². The van der Waals surface area contributed by atoms with Crippen molar-refractivity contribution >= 4 is 40.6 Å². The Morgan fingerprint density at radius 2 is 1.85 bits per heavy atom. The summed E-state index contributed by atoms with van der Waals surface area (Å²) in [6.45, 7) is 4.57. The lowest BCUT2D eigenvalue weighted by molar-refractivity contribution is -0.137. The van der Waals surface area contributed by atoms with E-state index in [1.165, 1.54) is 11.2 Å². The second-order valence-electron chi connectivity index (χ2n) is 12.3. The number of carbonyl (C=O) groups is 2. The lowest BCUT2D eigenvalue weighted by atomic mass is 10.0. The van der Waals surface area contributed by atoms with Crippen molar-refractivity contribution < 1.29 is 32.6 Å². The van der Waals surface area contributed by atoms with Gasteiger partial charge in [-0.25, -0.2) is 9.97 Å². The van der Waals surface area contributed by atoms with E-state index < -0.39 is 35.7 Å². The van der Waals surface area contributed by atoms with Crippen molar-refractivity contribution in [3.05, 3.63) is 91.9 Å². The van der Waals surface area contributed by atoms with E-state index in [0.29, 0.717) is 24.5 Å². The van der Waals surface area contributed by atoms with Crippen LogP contribution in [0.15, 0.2) is 47.5 Å². The molecule has 0 radical (unpaired) electrons. The molecule has 2 aliphatic rings. The zero-order valence-corrected chi connectivity index (χ0v) is 28.6. The first-order chi connectivity index (χ1) is 24.8. The number of nitrogens with one attached hydrogen (secondary N) is 1. The minimum atomic E-state index is -4.62. The molecule has 5 heterocycles. The van der Waals surface area contributed by atoms with Gasteiger partial charge in [-0.2, -0.15) is 22.7 Å². The van der Waals surface area contributed by atoms with Crippen LogP contribution in [-0.4, -0.2) is 77.1 Å². The summed E-state index contributed by atoms with van der Waals surface area (Å²) in [5.41, 5.74) is 1.89. The Balaban J connectivity index is 1.26. The first-order valence-electron chi connectivity index (χ1n) is 16.3. The van der Waals surface area contributed by atoms with Crippen LogP contribution in [0.3, 0.4) is 0 Å². The minimum absolute atomic E-state index is 0.0253. The molecule has 1 saturated heterocycles. The topological polar surface area (TPSA) is 160 Å². The van der Waals surface area contributed by atoms with Gasteiger partial charge in [-0.1, -0.05) is 36.7 Å². The highest BCUT2D eigenvalue weighted by molar-refractivity contribution is 6.33. The van der Waals surface area contributed by atoms with Gasteiger partial charge in [0.2, 0.25) is 11.7 Å². The first kappa shape index (κ1) is 34.9. The quantitative estimate of drug-likeness (QED) is 0.248. The fourth-order valence-corrected chi connectivity index (χ4v) is 6.72. The summed E-state index contributed by atoms with van der Waals surface area (Å²) in [5, 5.41) is 17.3. The second-order valence-corrected chi connectivity index (χ2v) is 12.7. The number of hydrogen-bond donors (Lipinski definition) is 2. The largest absolute Gasteiger partial charge is 0.504 e. The fraction of sp³-hybridized carbons (Fsp3) is 0.324. The Kier molecular flexibility index (Phi) is 9.08. The fourth-order valence-electron chi connectivity index (χ4n) is 6.49. The number of aryl methyl sites for hydroxylation is 1. The van der Waals surface area contributed by atoms with Crippen molar-refractivity contribution in [1.82, 2.24) is 34.0 Å². The third-order valence-corrected chi connectivity index (χ3v) is 9.45. The average molecular weight is 738 g/mol. The Bertz CT molecular complexity index is 2300. The van der Waals surface area contributed by atoms with Gasteiger partial charge in [0.05, 0.1) is 40.9 Å². The standard InChI is InChI=1S/C34H31ClF3N9O5/c1-3-25-28(44-9-11-45(12-10-44)31(50)27-29(49)18(2)39-17-40-27)32(51)47-33(42-30(43-47)21-6-4-5-19-15-52-16-22(19)21)46(25)14-26(48)41-24-8-7-20(13-23(24)35)34(36,37)38/h4-8,13,17,49H,3,9-12,14-16H2,1-2H3,(H,41,48). The number of aromatic nitrogens is 6. The van der Waals surface area contributed by atoms with Crippen LogP contribution in [0.1, 0.15) is 45.5 Å². The van der Waals surface area contributed by atoms with Gasteiger partial charge in [-0.05, 0) is 42.7 Å². The monoisotopic (exact) mass is 737 g/mol. The molecule has 0 spiro atoms. The number of halogens is 4. The molecule has 5 aromatic rings. The molecule has 0 saturated carbocycles. The Hall–Kier alpha value is -5.55. The van der Waals surface area contributed by atoms with E-state index in [9.17, 15) is 32.7 Å². The number of fused-ring (bicyclic) bond motifs is 2. The molecule has 14 nitrogen and oxygen atoms in total. The number of piperazine rings is 1. The van der Waals surface area contributed by atoms with Crippen LogP contribution < -0.4 is 15.8 Å². The van der Waals surface area contributed by atoms with Crippen LogP contribution in [0, 0.1) is 6.92 Å². The molecule has 0 atom stereocenters. The maximum absolute atomic E-state index is 14.3. The maximum atomic E-state index is 14.3. The van der Waals surface area contributed by atoms with E-state index >= 15 is 0 Å². The molecule has 52 heavy (non-hydrogen) atoms. The Labute approximate surface area is 298 Å². The van der Waals surface area contributed by atoms with E-state index in [-0.39, 0.29) is 77.7 Å². The van der Waals surface area contributed by atoms with E-state index in [1.807, 2.05) is 30.0 Å². The Morgan fingerprint density at radius 3 is 2.56 bits per heavy atom.